The number of nitrogens with zero attached hydrogens (tertiary/aromatic N) is 4. The van der Waals surface area contributed by atoms with Crippen LogP contribution in [0.3, 0.4) is 0 Å². The Morgan fingerprint density at radius 1 is 1.28 bits per heavy atom. The van der Waals surface area contributed by atoms with E-state index in [-0.39, 0.29) is 17.0 Å². The van der Waals surface area contributed by atoms with E-state index in [0.29, 0.717) is 25.3 Å². The molecular formula is C22H30N6O. The quantitative estimate of drug-likeness (QED) is 0.821. The predicted molar refractivity (Wildman–Crippen MR) is 115 cm³/mol. The molecule has 2 N–H and O–H groups in total. The molecule has 2 aliphatic rings. The molecule has 1 saturated heterocycles. The van der Waals surface area contributed by atoms with Gasteiger partial charge >= 0.3 is 0 Å². The van der Waals surface area contributed by atoms with E-state index in [1.807, 2.05) is 17.9 Å². The molecule has 1 atom stereocenters. The number of aliphatic imine (C=N–C) groups is 1. The van der Waals surface area contributed by atoms with Gasteiger partial charge in [0.15, 0.2) is 0 Å². The number of hydrogen-bond donors (Lipinski definition) is 2. The molecule has 1 aromatic carbocycles. The van der Waals surface area contributed by atoms with Crippen LogP contribution in [0.2, 0.25) is 0 Å². The number of hydrogen-bond acceptors (Lipinski definition) is 4. The van der Waals surface area contributed by atoms with Crippen LogP contribution in [0, 0.1) is 0 Å². The van der Waals surface area contributed by atoms with E-state index < -0.39 is 0 Å². The Morgan fingerprint density at radius 3 is 2.83 bits per heavy atom. The second kappa shape index (κ2) is 7.30. The molecular weight excluding hydrogens is 364 g/mol. The summed E-state index contributed by atoms with van der Waals surface area (Å²) in [6, 6.07) is 10.1. The Morgan fingerprint density at radius 2 is 2.07 bits per heavy atom. The van der Waals surface area contributed by atoms with E-state index in [1.165, 1.54) is 5.56 Å². The number of aromatic nitrogens is 2. The number of amidine groups is 1. The molecule has 0 bridgehead atoms. The molecule has 0 radical (unpaired) electrons. The molecule has 0 saturated carbocycles. The number of likely N-dealkylation sites (tertiary alicyclic amines) is 1. The Bertz CT molecular complexity index is 941. The maximum atomic E-state index is 13.2. The van der Waals surface area contributed by atoms with Gasteiger partial charge in [-0.15, -0.1) is 0 Å². The molecule has 7 nitrogen and oxygen atoms in total. The average Bonchev–Trinajstić information content (AvgIpc) is 3.30. The van der Waals surface area contributed by atoms with Crippen molar-refractivity contribution >= 4 is 17.4 Å². The number of amides is 1. The summed E-state index contributed by atoms with van der Waals surface area (Å²) in [6.45, 7) is 11.0. The van der Waals surface area contributed by atoms with Gasteiger partial charge in [0.1, 0.15) is 11.5 Å². The van der Waals surface area contributed by atoms with Crippen LogP contribution in [0.1, 0.15) is 50.2 Å². The van der Waals surface area contributed by atoms with E-state index in [1.54, 1.807) is 16.9 Å². The molecule has 7 heteroatoms. The monoisotopic (exact) mass is 394 g/mol. The molecule has 2 aliphatic heterocycles. The summed E-state index contributed by atoms with van der Waals surface area (Å²) in [4.78, 5) is 20.1. The Balaban J connectivity index is 1.66. The first-order chi connectivity index (χ1) is 13.8. The Labute approximate surface area is 172 Å². The molecule has 2 aromatic rings. The summed E-state index contributed by atoms with van der Waals surface area (Å²) >= 11 is 0. The van der Waals surface area contributed by atoms with Crippen LogP contribution in [-0.4, -0.2) is 50.6 Å². The van der Waals surface area contributed by atoms with Crippen molar-refractivity contribution < 1.29 is 4.79 Å². The van der Waals surface area contributed by atoms with Gasteiger partial charge in [-0.2, -0.15) is 5.10 Å². The van der Waals surface area contributed by atoms with Gasteiger partial charge in [0.2, 0.25) is 0 Å². The van der Waals surface area contributed by atoms with E-state index in [4.69, 9.17) is 4.99 Å². The minimum atomic E-state index is -0.390. The SMILES string of the molecule is CCn1nccc1C(=O)N1CC[C@]2(C1)NCc1ccccc1NC2=NC(C)(C)C. The van der Waals surface area contributed by atoms with Gasteiger partial charge in [-0.05, 0) is 51.8 Å². The molecule has 0 unspecified atom stereocenters. The number of anilines is 1. The van der Waals surface area contributed by atoms with Crippen molar-refractivity contribution in [1.82, 2.24) is 20.0 Å². The largest absolute Gasteiger partial charge is 0.342 e. The molecule has 4 rings (SSSR count). The lowest BCUT2D eigenvalue weighted by atomic mass is 9.95. The van der Waals surface area contributed by atoms with E-state index >= 15 is 0 Å². The summed E-state index contributed by atoms with van der Waals surface area (Å²) in [5.41, 5.74) is 2.31. The van der Waals surface area contributed by atoms with Gasteiger partial charge in [0.25, 0.3) is 5.91 Å². The third kappa shape index (κ3) is 3.79. The van der Waals surface area contributed by atoms with Gasteiger partial charge in [0, 0.05) is 38.1 Å². The first kappa shape index (κ1) is 19.6. The third-order valence-corrected chi connectivity index (χ3v) is 5.58. The topological polar surface area (TPSA) is 74.6 Å². The zero-order chi connectivity index (χ0) is 20.6. The standard InChI is InChI=1S/C22H30N6O/c1-5-28-18(10-12-24-28)19(29)27-13-11-22(15-27)20(26-21(2,3)4)25-17-9-7-6-8-16(17)14-23-22/h6-10,12,23H,5,11,13-15H2,1-4H3,(H,25,26)/t22-/m1/s1. The molecule has 0 aliphatic carbocycles. The molecule has 1 fully saturated rings. The van der Waals surface area contributed by atoms with E-state index in [9.17, 15) is 4.79 Å². The fourth-order valence-electron chi connectivity index (χ4n) is 4.11. The van der Waals surface area contributed by atoms with Gasteiger partial charge in [0.05, 0.1) is 11.1 Å². The second-order valence-electron chi connectivity index (χ2n) is 8.86. The fourth-order valence-corrected chi connectivity index (χ4v) is 4.11. The van der Waals surface area contributed by atoms with Crippen molar-refractivity contribution in [2.75, 3.05) is 18.4 Å². The first-order valence-electron chi connectivity index (χ1n) is 10.3. The van der Waals surface area contributed by atoms with Gasteiger partial charge in [-0.3, -0.25) is 19.8 Å². The van der Waals surface area contributed by atoms with Crippen molar-refractivity contribution in [3.8, 4) is 0 Å². The first-order valence-corrected chi connectivity index (χ1v) is 10.3. The van der Waals surface area contributed by atoms with Crippen LogP contribution in [0.25, 0.3) is 0 Å². The molecule has 3 heterocycles. The fraction of sp³-hybridized carbons (Fsp3) is 0.500. The summed E-state index contributed by atoms with van der Waals surface area (Å²) in [5.74, 6) is 0.939. The number of aryl methyl sites for hydroxylation is 1. The highest BCUT2D eigenvalue weighted by Gasteiger charge is 2.46. The van der Waals surface area contributed by atoms with E-state index in [0.717, 1.165) is 24.5 Å². The number of benzene rings is 1. The summed E-state index contributed by atoms with van der Waals surface area (Å²) < 4.78 is 1.76. The van der Waals surface area contributed by atoms with Crippen molar-refractivity contribution in [2.45, 2.75) is 58.3 Å². The van der Waals surface area contributed by atoms with Crippen molar-refractivity contribution in [2.24, 2.45) is 4.99 Å². The highest BCUT2D eigenvalue weighted by molar-refractivity contribution is 6.05. The number of carbonyl (C=O) groups is 1. The highest BCUT2D eigenvalue weighted by atomic mass is 16.2. The Hall–Kier alpha value is -2.67. The van der Waals surface area contributed by atoms with Crippen LogP contribution in [-0.2, 0) is 13.1 Å². The zero-order valence-corrected chi connectivity index (χ0v) is 17.7. The average molecular weight is 395 g/mol. The lowest BCUT2D eigenvalue weighted by Gasteiger charge is -2.32. The molecule has 29 heavy (non-hydrogen) atoms. The number of nitrogens with one attached hydrogen (secondary N) is 2. The van der Waals surface area contributed by atoms with Crippen LogP contribution in [0.4, 0.5) is 5.69 Å². The zero-order valence-electron chi connectivity index (χ0n) is 17.7. The minimum Gasteiger partial charge on any atom is -0.342 e. The van der Waals surface area contributed by atoms with Crippen LogP contribution in [0.5, 0.6) is 0 Å². The molecule has 154 valence electrons. The predicted octanol–water partition coefficient (Wildman–Crippen LogP) is 2.90. The Kier molecular flexibility index (Phi) is 4.94. The van der Waals surface area contributed by atoms with Gasteiger partial charge in [-0.1, -0.05) is 18.2 Å². The van der Waals surface area contributed by atoms with Crippen LogP contribution < -0.4 is 10.6 Å². The smallest absolute Gasteiger partial charge is 0.272 e. The molecule has 1 aromatic heterocycles. The minimum absolute atomic E-state index is 0.0277. The number of carbonyl (C=O) groups excluding carboxylic acids is 1. The second-order valence-corrected chi connectivity index (χ2v) is 8.86. The normalized spacial score (nSPS) is 23.2. The van der Waals surface area contributed by atoms with Crippen molar-refractivity contribution in [3.05, 3.63) is 47.8 Å². The van der Waals surface area contributed by atoms with Crippen LogP contribution >= 0.6 is 0 Å². The van der Waals surface area contributed by atoms with Crippen molar-refractivity contribution in [3.63, 3.8) is 0 Å². The number of fused-ring (bicyclic) bond motifs is 1. The third-order valence-electron chi connectivity index (χ3n) is 5.58. The van der Waals surface area contributed by atoms with E-state index in [2.05, 4.69) is 54.7 Å². The highest BCUT2D eigenvalue weighted by Crippen LogP contribution is 2.31. The van der Waals surface area contributed by atoms with Gasteiger partial charge in [-0.25, -0.2) is 0 Å². The molecule has 1 amide bonds. The lowest BCUT2D eigenvalue weighted by Crippen LogP contribution is -2.56. The number of rotatable bonds is 2. The summed E-state index contributed by atoms with van der Waals surface area (Å²) in [6.07, 6.45) is 2.51. The molecule has 1 spiro atoms. The maximum Gasteiger partial charge on any atom is 0.272 e. The maximum absolute atomic E-state index is 13.2. The van der Waals surface area contributed by atoms with Crippen LogP contribution in [0.15, 0.2) is 41.5 Å². The summed E-state index contributed by atoms with van der Waals surface area (Å²) in [7, 11) is 0. The lowest BCUT2D eigenvalue weighted by molar-refractivity contribution is 0.0773. The van der Waals surface area contributed by atoms with Gasteiger partial charge < -0.3 is 10.2 Å². The summed E-state index contributed by atoms with van der Waals surface area (Å²) in [5, 5.41) is 11.6. The van der Waals surface area contributed by atoms with Crippen molar-refractivity contribution in [1.29, 1.82) is 0 Å². The number of para-hydroxylation sites is 1.